The van der Waals surface area contributed by atoms with Gasteiger partial charge >= 0.3 is 6.18 Å². The topological polar surface area (TPSA) is 33.0 Å². The fraction of sp³-hybridized carbons (Fsp3) is 0.417. The first-order valence-corrected chi connectivity index (χ1v) is 5.21. The first kappa shape index (κ1) is 11.9. The molecular weight excluding hydrogens is 231 g/mol. The van der Waals surface area contributed by atoms with Gasteiger partial charge in [0.25, 0.3) is 0 Å². The van der Waals surface area contributed by atoms with E-state index in [1.807, 2.05) is 0 Å². The van der Waals surface area contributed by atoms with E-state index in [9.17, 15) is 13.2 Å². The second kappa shape index (κ2) is 4.38. The van der Waals surface area contributed by atoms with Gasteiger partial charge in [-0.05, 0) is 24.1 Å². The average Bonchev–Trinajstić information content (AvgIpc) is 2.76. The lowest BCUT2D eigenvalue weighted by atomic mass is 9.95. The number of alkyl halides is 3. The summed E-state index contributed by atoms with van der Waals surface area (Å²) in [4.78, 5) is 0. The van der Waals surface area contributed by atoms with Crippen molar-refractivity contribution < 1.29 is 17.9 Å². The Morgan fingerprint density at radius 3 is 2.76 bits per heavy atom. The van der Waals surface area contributed by atoms with Crippen molar-refractivity contribution in [1.82, 2.24) is 0 Å². The first-order chi connectivity index (χ1) is 8.02. The van der Waals surface area contributed by atoms with Crippen LogP contribution in [0.25, 0.3) is 0 Å². The zero-order chi connectivity index (χ0) is 12.5. The third kappa shape index (κ3) is 2.42. The number of hydrogen-bond acceptors (Lipinski definition) is 2. The van der Waals surface area contributed by atoms with E-state index in [-0.39, 0.29) is 5.92 Å². The summed E-state index contributed by atoms with van der Waals surface area (Å²) in [6, 6.07) is 7.04. The molecule has 0 bridgehead atoms. The number of nitrogens with zero attached hydrogens (tertiary/aromatic N) is 1. The zero-order valence-electron chi connectivity index (χ0n) is 8.87. The van der Waals surface area contributed by atoms with E-state index >= 15 is 0 Å². The van der Waals surface area contributed by atoms with Crippen LogP contribution in [0.15, 0.2) is 24.3 Å². The molecule has 1 saturated heterocycles. The predicted molar refractivity (Wildman–Crippen MR) is 53.9 cm³/mol. The monoisotopic (exact) mass is 241 g/mol. The highest BCUT2D eigenvalue weighted by molar-refractivity contribution is 5.29. The summed E-state index contributed by atoms with van der Waals surface area (Å²) >= 11 is 0. The molecule has 2 unspecified atom stereocenters. The molecule has 1 heterocycles. The lowest BCUT2D eigenvalue weighted by Crippen LogP contribution is -2.09. The second-order valence-electron chi connectivity index (χ2n) is 3.94. The highest BCUT2D eigenvalue weighted by Crippen LogP contribution is 2.37. The van der Waals surface area contributed by atoms with Crippen LogP contribution in [0.5, 0.6) is 0 Å². The minimum Gasteiger partial charge on any atom is -0.372 e. The van der Waals surface area contributed by atoms with Crippen LogP contribution in [0, 0.1) is 17.2 Å². The highest BCUT2D eigenvalue weighted by Gasteiger charge is 2.34. The van der Waals surface area contributed by atoms with Crippen LogP contribution in [0.3, 0.4) is 0 Å². The van der Waals surface area contributed by atoms with Gasteiger partial charge in [-0.2, -0.15) is 18.4 Å². The Morgan fingerprint density at radius 1 is 1.35 bits per heavy atom. The van der Waals surface area contributed by atoms with Crippen molar-refractivity contribution in [3.8, 4) is 6.07 Å². The van der Waals surface area contributed by atoms with Crippen molar-refractivity contribution in [2.24, 2.45) is 5.92 Å². The Morgan fingerprint density at radius 2 is 2.12 bits per heavy atom. The quantitative estimate of drug-likeness (QED) is 0.755. The van der Waals surface area contributed by atoms with E-state index in [4.69, 9.17) is 10.00 Å². The molecule has 5 heteroatoms. The molecule has 2 atom stereocenters. The standard InChI is InChI=1S/C12H10F3NO/c13-12(14,15)10-3-1-2-8(6-10)11-9(7-16)4-5-17-11/h1-3,6,9,11H,4-5H2. The number of hydrogen-bond donors (Lipinski definition) is 0. The van der Waals surface area contributed by atoms with Crippen LogP contribution in [-0.2, 0) is 10.9 Å². The van der Waals surface area contributed by atoms with E-state index in [0.29, 0.717) is 18.6 Å². The minimum atomic E-state index is -4.36. The van der Waals surface area contributed by atoms with Crippen LogP contribution >= 0.6 is 0 Å². The van der Waals surface area contributed by atoms with Crippen molar-refractivity contribution in [1.29, 1.82) is 5.26 Å². The molecule has 0 N–H and O–H groups in total. The number of nitriles is 1. The summed E-state index contributed by atoms with van der Waals surface area (Å²) in [6.07, 6.45) is -4.34. The van der Waals surface area contributed by atoms with Crippen LogP contribution in [-0.4, -0.2) is 6.61 Å². The molecule has 1 aliphatic rings. The van der Waals surface area contributed by atoms with Gasteiger partial charge in [0, 0.05) is 6.61 Å². The molecule has 0 amide bonds. The van der Waals surface area contributed by atoms with Gasteiger partial charge < -0.3 is 4.74 Å². The fourth-order valence-corrected chi connectivity index (χ4v) is 1.94. The van der Waals surface area contributed by atoms with Crippen molar-refractivity contribution >= 4 is 0 Å². The van der Waals surface area contributed by atoms with Gasteiger partial charge in [0.2, 0.25) is 0 Å². The number of rotatable bonds is 1. The second-order valence-corrected chi connectivity index (χ2v) is 3.94. The van der Waals surface area contributed by atoms with Crippen LogP contribution in [0.1, 0.15) is 23.7 Å². The maximum Gasteiger partial charge on any atom is 0.416 e. The van der Waals surface area contributed by atoms with Crippen LogP contribution in [0.4, 0.5) is 13.2 Å². The number of benzene rings is 1. The molecule has 17 heavy (non-hydrogen) atoms. The fourth-order valence-electron chi connectivity index (χ4n) is 1.94. The maximum absolute atomic E-state index is 12.5. The molecule has 1 aromatic carbocycles. The van der Waals surface area contributed by atoms with Gasteiger partial charge in [0.15, 0.2) is 0 Å². The van der Waals surface area contributed by atoms with E-state index in [2.05, 4.69) is 6.07 Å². The molecule has 0 radical (unpaired) electrons. The van der Waals surface area contributed by atoms with Crippen molar-refractivity contribution in [3.05, 3.63) is 35.4 Å². The van der Waals surface area contributed by atoms with Gasteiger partial charge in [0.1, 0.15) is 0 Å². The average molecular weight is 241 g/mol. The van der Waals surface area contributed by atoms with Crippen molar-refractivity contribution in [3.63, 3.8) is 0 Å². The molecule has 0 saturated carbocycles. The summed E-state index contributed by atoms with van der Waals surface area (Å²) in [7, 11) is 0. The largest absolute Gasteiger partial charge is 0.416 e. The highest BCUT2D eigenvalue weighted by atomic mass is 19.4. The smallest absolute Gasteiger partial charge is 0.372 e. The Balaban J connectivity index is 2.31. The molecule has 1 fully saturated rings. The normalized spacial score (nSPS) is 24.6. The number of ether oxygens (including phenoxy) is 1. The lowest BCUT2D eigenvalue weighted by molar-refractivity contribution is -0.137. The maximum atomic E-state index is 12.5. The van der Waals surface area contributed by atoms with Gasteiger partial charge in [-0.3, -0.25) is 0 Å². The van der Waals surface area contributed by atoms with Crippen LogP contribution < -0.4 is 0 Å². The van der Waals surface area contributed by atoms with Crippen molar-refractivity contribution in [2.75, 3.05) is 6.61 Å². The Kier molecular flexibility index (Phi) is 3.07. The SMILES string of the molecule is N#CC1CCOC1c1cccc(C(F)(F)F)c1. The Hall–Kier alpha value is -1.54. The van der Waals surface area contributed by atoms with E-state index in [0.717, 1.165) is 12.1 Å². The summed E-state index contributed by atoms with van der Waals surface area (Å²) in [5.41, 5.74) is -0.286. The molecule has 2 rings (SSSR count). The molecule has 0 aliphatic carbocycles. The molecule has 0 spiro atoms. The summed E-state index contributed by atoms with van der Waals surface area (Å²) in [5.74, 6) is -0.363. The minimum absolute atomic E-state index is 0.363. The molecular formula is C12H10F3NO. The van der Waals surface area contributed by atoms with Gasteiger partial charge in [-0.25, -0.2) is 0 Å². The predicted octanol–water partition coefficient (Wildman–Crippen LogP) is 3.31. The van der Waals surface area contributed by atoms with E-state index < -0.39 is 17.8 Å². The summed E-state index contributed by atoms with van der Waals surface area (Å²) in [5, 5.41) is 8.87. The van der Waals surface area contributed by atoms with Gasteiger partial charge in [-0.1, -0.05) is 12.1 Å². The first-order valence-electron chi connectivity index (χ1n) is 5.21. The summed E-state index contributed by atoms with van der Waals surface area (Å²) in [6.45, 7) is 0.416. The Bertz CT molecular complexity index is 450. The molecule has 2 nitrogen and oxygen atoms in total. The van der Waals surface area contributed by atoms with Gasteiger partial charge in [-0.15, -0.1) is 0 Å². The Labute approximate surface area is 96.6 Å². The van der Waals surface area contributed by atoms with Gasteiger partial charge in [0.05, 0.1) is 23.7 Å². The number of halogens is 3. The van der Waals surface area contributed by atoms with E-state index in [1.54, 1.807) is 6.07 Å². The van der Waals surface area contributed by atoms with Crippen molar-refractivity contribution in [2.45, 2.75) is 18.7 Å². The third-order valence-electron chi connectivity index (χ3n) is 2.80. The molecule has 90 valence electrons. The lowest BCUT2D eigenvalue weighted by Gasteiger charge is -2.15. The zero-order valence-corrected chi connectivity index (χ0v) is 8.87. The summed E-state index contributed by atoms with van der Waals surface area (Å²) < 4.78 is 42.9. The molecule has 1 aromatic rings. The molecule has 0 aromatic heterocycles. The third-order valence-corrected chi connectivity index (χ3v) is 2.80. The molecule has 1 aliphatic heterocycles. The van der Waals surface area contributed by atoms with E-state index in [1.165, 1.54) is 6.07 Å². The van der Waals surface area contributed by atoms with Crippen LogP contribution in [0.2, 0.25) is 0 Å².